The molecule has 19 heavy (non-hydrogen) atoms. The summed E-state index contributed by atoms with van der Waals surface area (Å²) in [5.74, 6) is 6.71. The fourth-order valence-corrected chi connectivity index (χ4v) is 1.79. The first kappa shape index (κ1) is 15.2. The van der Waals surface area contributed by atoms with Crippen molar-refractivity contribution in [1.82, 2.24) is 15.3 Å². The zero-order valence-corrected chi connectivity index (χ0v) is 11.7. The highest BCUT2D eigenvalue weighted by molar-refractivity contribution is 5.81. The van der Waals surface area contributed by atoms with Crippen molar-refractivity contribution in [2.24, 2.45) is 5.84 Å². The van der Waals surface area contributed by atoms with Crippen molar-refractivity contribution in [2.75, 3.05) is 30.5 Å². The Balaban J connectivity index is 2.81. The molecule has 0 aliphatic heterocycles. The third-order valence-corrected chi connectivity index (χ3v) is 2.73. The Morgan fingerprint density at radius 2 is 2.16 bits per heavy atom. The molecule has 0 aliphatic carbocycles. The molecule has 7 heteroatoms. The van der Waals surface area contributed by atoms with E-state index in [9.17, 15) is 4.79 Å². The number of carbonyl (C=O) groups excluding carboxylic acids is 1. The van der Waals surface area contributed by atoms with Gasteiger partial charge in [-0.15, -0.1) is 0 Å². The Kier molecular flexibility index (Phi) is 6.01. The number of likely N-dealkylation sites (N-methyl/N-ethyl adjacent to an activating group) is 1. The molecule has 1 aromatic heterocycles. The Morgan fingerprint density at radius 1 is 1.42 bits per heavy atom. The van der Waals surface area contributed by atoms with Gasteiger partial charge in [0.2, 0.25) is 5.91 Å². The van der Waals surface area contributed by atoms with Gasteiger partial charge in [-0.3, -0.25) is 4.79 Å². The van der Waals surface area contributed by atoms with Crippen molar-refractivity contribution >= 4 is 17.5 Å². The molecular weight excluding hydrogens is 244 g/mol. The minimum absolute atomic E-state index is 0.0210. The van der Waals surface area contributed by atoms with E-state index in [-0.39, 0.29) is 12.5 Å². The molecule has 1 rings (SSSR count). The minimum Gasteiger partial charge on any atom is -0.355 e. The van der Waals surface area contributed by atoms with Crippen molar-refractivity contribution in [3.8, 4) is 0 Å². The summed E-state index contributed by atoms with van der Waals surface area (Å²) < 4.78 is 0. The number of rotatable bonds is 7. The molecule has 0 aliphatic rings. The molecule has 0 fully saturated rings. The van der Waals surface area contributed by atoms with E-state index in [4.69, 9.17) is 5.84 Å². The average Bonchev–Trinajstić information content (AvgIpc) is 2.43. The molecule has 0 spiro atoms. The van der Waals surface area contributed by atoms with E-state index in [0.717, 1.165) is 24.2 Å². The number of anilines is 2. The summed E-state index contributed by atoms with van der Waals surface area (Å²) in [6.07, 6.45) is 3.09. The largest absolute Gasteiger partial charge is 0.355 e. The molecule has 1 heterocycles. The molecule has 0 radical (unpaired) electrons. The van der Waals surface area contributed by atoms with Crippen molar-refractivity contribution in [1.29, 1.82) is 0 Å². The van der Waals surface area contributed by atoms with Crippen LogP contribution in [0.15, 0.2) is 6.33 Å². The molecule has 1 aromatic rings. The second-order valence-corrected chi connectivity index (χ2v) is 4.23. The Labute approximate surface area is 113 Å². The molecule has 106 valence electrons. The van der Waals surface area contributed by atoms with E-state index in [0.29, 0.717) is 12.4 Å². The van der Waals surface area contributed by atoms with Gasteiger partial charge in [0, 0.05) is 19.2 Å². The second kappa shape index (κ2) is 7.52. The van der Waals surface area contributed by atoms with Gasteiger partial charge in [0.1, 0.15) is 18.0 Å². The Hall–Kier alpha value is -1.89. The lowest BCUT2D eigenvalue weighted by molar-refractivity contribution is -0.119. The minimum atomic E-state index is -0.0210. The quantitative estimate of drug-likeness (QED) is 0.485. The zero-order valence-electron chi connectivity index (χ0n) is 11.7. The van der Waals surface area contributed by atoms with Gasteiger partial charge in [0.15, 0.2) is 0 Å². The maximum Gasteiger partial charge on any atom is 0.239 e. The van der Waals surface area contributed by atoms with E-state index < -0.39 is 0 Å². The molecular formula is C12H22N6O. The average molecular weight is 266 g/mol. The number of carbonyl (C=O) groups is 1. The van der Waals surface area contributed by atoms with Crippen molar-refractivity contribution < 1.29 is 4.79 Å². The molecule has 0 saturated heterocycles. The number of hydrogen-bond donors (Lipinski definition) is 3. The van der Waals surface area contributed by atoms with E-state index in [1.54, 1.807) is 4.90 Å². The molecule has 4 N–H and O–H groups in total. The van der Waals surface area contributed by atoms with Crippen LogP contribution in [0.4, 0.5) is 11.6 Å². The molecule has 0 atom stereocenters. The van der Waals surface area contributed by atoms with Crippen LogP contribution in [0, 0.1) is 0 Å². The molecule has 7 nitrogen and oxygen atoms in total. The van der Waals surface area contributed by atoms with E-state index in [1.165, 1.54) is 6.33 Å². The van der Waals surface area contributed by atoms with Crippen LogP contribution in [-0.4, -0.2) is 36.0 Å². The SMILES string of the molecule is CCCNC(=O)CN(C)c1ncnc(NN)c1CC. The fourth-order valence-electron chi connectivity index (χ4n) is 1.79. The summed E-state index contributed by atoms with van der Waals surface area (Å²) in [5, 5.41) is 2.83. The lowest BCUT2D eigenvalue weighted by atomic mass is 10.2. The topological polar surface area (TPSA) is 96.2 Å². The van der Waals surface area contributed by atoms with Gasteiger partial charge < -0.3 is 15.6 Å². The van der Waals surface area contributed by atoms with Crippen LogP contribution >= 0.6 is 0 Å². The van der Waals surface area contributed by atoms with Crippen LogP contribution in [0.2, 0.25) is 0 Å². The molecule has 0 aromatic carbocycles. The van der Waals surface area contributed by atoms with Crippen molar-refractivity contribution in [2.45, 2.75) is 26.7 Å². The van der Waals surface area contributed by atoms with Gasteiger partial charge in [-0.05, 0) is 12.8 Å². The third kappa shape index (κ3) is 4.06. The highest BCUT2D eigenvalue weighted by atomic mass is 16.2. The predicted octanol–water partition coefficient (Wildman–Crippen LogP) is 0.287. The van der Waals surface area contributed by atoms with E-state index in [2.05, 4.69) is 20.7 Å². The highest BCUT2D eigenvalue weighted by Crippen LogP contribution is 2.22. The Bertz CT molecular complexity index is 423. The van der Waals surface area contributed by atoms with Gasteiger partial charge in [-0.1, -0.05) is 13.8 Å². The van der Waals surface area contributed by atoms with Gasteiger partial charge in [0.25, 0.3) is 0 Å². The van der Waals surface area contributed by atoms with Gasteiger partial charge in [0.05, 0.1) is 6.54 Å². The van der Waals surface area contributed by atoms with Crippen LogP contribution in [-0.2, 0) is 11.2 Å². The maximum absolute atomic E-state index is 11.7. The summed E-state index contributed by atoms with van der Waals surface area (Å²) in [6, 6.07) is 0. The second-order valence-electron chi connectivity index (χ2n) is 4.23. The first-order chi connectivity index (χ1) is 9.13. The van der Waals surface area contributed by atoms with Crippen LogP contribution in [0.25, 0.3) is 0 Å². The lowest BCUT2D eigenvalue weighted by Crippen LogP contribution is -2.36. The number of hydrogen-bond acceptors (Lipinski definition) is 6. The van der Waals surface area contributed by atoms with Crippen LogP contribution in [0.1, 0.15) is 25.8 Å². The Morgan fingerprint density at radius 3 is 2.74 bits per heavy atom. The molecule has 0 unspecified atom stereocenters. The first-order valence-corrected chi connectivity index (χ1v) is 6.42. The number of nitrogens with one attached hydrogen (secondary N) is 2. The monoisotopic (exact) mass is 266 g/mol. The predicted molar refractivity (Wildman–Crippen MR) is 75.8 cm³/mol. The fraction of sp³-hybridized carbons (Fsp3) is 0.583. The summed E-state index contributed by atoms with van der Waals surface area (Å²) in [5.41, 5.74) is 3.45. The van der Waals surface area contributed by atoms with Crippen molar-refractivity contribution in [3.63, 3.8) is 0 Å². The number of nitrogens with zero attached hydrogens (tertiary/aromatic N) is 3. The number of amides is 1. The summed E-state index contributed by atoms with van der Waals surface area (Å²) in [6.45, 7) is 4.96. The van der Waals surface area contributed by atoms with Gasteiger partial charge in [-0.2, -0.15) is 0 Å². The smallest absolute Gasteiger partial charge is 0.239 e. The normalized spacial score (nSPS) is 10.1. The lowest BCUT2D eigenvalue weighted by Gasteiger charge is -2.21. The zero-order chi connectivity index (χ0) is 14.3. The summed E-state index contributed by atoms with van der Waals surface area (Å²) in [4.78, 5) is 21.8. The van der Waals surface area contributed by atoms with E-state index in [1.807, 2.05) is 20.9 Å². The first-order valence-electron chi connectivity index (χ1n) is 6.42. The highest BCUT2D eigenvalue weighted by Gasteiger charge is 2.14. The molecule has 1 amide bonds. The van der Waals surface area contributed by atoms with Crippen molar-refractivity contribution in [3.05, 3.63) is 11.9 Å². The summed E-state index contributed by atoms with van der Waals surface area (Å²) >= 11 is 0. The molecule has 0 saturated carbocycles. The van der Waals surface area contributed by atoms with Gasteiger partial charge in [-0.25, -0.2) is 15.8 Å². The van der Waals surface area contributed by atoms with Crippen LogP contribution in [0.5, 0.6) is 0 Å². The summed E-state index contributed by atoms with van der Waals surface area (Å²) in [7, 11) is 1.83. The number of nitrogen functional groups attached to an aromatic ring is 1. The number of hydrazine groups is 1. The third-order valence-electron chi connectivity index (χ3n) is 2.73. The van der Waals surface area contributed by atoms with Crippen LogP contribution in [0.3, 0.4) is 0 Å². The standard InChI is InChI=1S/C12H22N6O/c1-4-6-14-10(19)7-18(3)12-9(5-2)11(17-13)15-8-16-12/h8H,4-7,13H2,1-3H3,(H,14,19)(H,15,16,17). The van der Waals surface area contributed by atoms with E-state index >= 15 is 0 Å². The number of nitrogens with two attached hydrogens (primary N) is 1. The number of aromatic nitrogens is 2. The van der Waals surface area contributed by atoms with Gasteiger partial charge >= 0.3 is 0 Å². The van der Waals surface area contributed by atoms with Crippen LogP contribution < -0.4 is 21.5 Å². The molecule has 0 bridgehead atoms. The maximum atomic E-state index is 11.7.